The number of carboxylic acids is 2. The first-order valence-electron chi connectivity index (χ1n) is 6.90. The summed E-state index contributed by atoms with van der Waals surface area (Å²) in [6, 6.07) is 2.81. The van der Waals surface area contributed by atoms with Crippen molar-refractivity contribution in [2.45, 2.75) is 12.8 Å². The second-order valence-corrected chi connectivity index (χ2v) is 6.11. The molecule has 1 aliphatic carbocycles. The Hall–Kier alpha value is -2.51. The molecular weight excluding hydrogens is 312 g/mol. The number of likely N-dealkylation sites (tertiary alicyclic amines) is 1. The molecule has 1 aromatic carbocycles. The van der Waals surface area contributed by atoms with E-state index in [-0.39, 0.29) is 31.5 Å². The zero-order chi connectivity index (χ0) is 17.0. The summed E-state index contributed by atoms with van der Waals surface area (Å²) in [5.41, 5.74) is -2.95. The Kier molecular flexibility index (Phi) is 3.17. The molecule has 0 spiro atoms. The number of hydrogen-bond acceptors (Lipinski definition) is 3. The molecule has 2 atom stereocenters. The van der Waals surface area contributed by atoms with Crippen molar-refractivity contribution in [1.82, 2.24) is 4.90 Å². The quantitative estimate of drug-likeness (QED) is 0.857. The second kappa shape index (κ2) is 4.74. The number of amides is 1. The van der Waals surface area contributed by atoms with Gasteiger partial charge in [0.15, 0.2) is 0 Å². The van der Waals surface area contributed by atoms with Gasteiger partial charge in [0.05, 0.1) is 6.42 Å². The number of hydrogen-bond donors (Lipinski definition) is 2. The predicted molar refractivity (Wildman–Crippen MR) is 71.4 cm³/mol. The van der Waals surface area contributed by atoms with Crippen LogP contribution in [0.1, 0.15) is 12.0 Å². The molecular formula is C15H13F2NO5. The van der Waals surface area contributed by atoms with Crippen LogP contribution in [0.15, 0.2) is 18.2 Å². The molecule has 2 N–H and O–H groups in total. The molecule has 6 nitrogen and oxygen atoms in total. The maximum atomic E-state index is 13.6. The third kappa shape index (κ3) is 2.08. The van der Waals surface area contributed by atoms with Crippen molar-refractivity contribution >= 4 is 17.8 Å². The van der Waals surface area contributed by atoms with Crippen LogP contribution in [0.25, 0.3) is 0 Å². The maximum Gasteiger partial charge on any atom is 0.312 e. The van der Waals surface area contributed by atoms with Crippen LogP contribution < -0.4 is 0 Å². The van der Waals surface area contributed by atoms with E-state index < -0.39 is 40.3 Å². The van der Waals surface area contributed by atoms with Crippen molar-refractivity contribution in [2.75, 3.05) is 13.1 Å². The van der Waals surface area contributed by atoms with Crippen molar-refractivity contribution in [3.05, 3.63) is 35.4 Å². The van der Waals surface area contributed by atoms with Gasteiger partial charge in [-0.15, -0.1) is 0 Å². The van der Waals surface area contributed by atoms with Gasteiger partial charge in [-0.2, -0.15) is 0 Å². The van der Waals surface area contributed by atoms with E-state index in [1.807, 2.05) is 0 Å². The van der Waals surface area contributed by atoms with E-state index in [1.54, 1.807) is 0 Å². The van der Waals surface area contributed by atoms with Crippen LogP contribution in [0.3, 0.4) is 0 Å². The van der Waals surface area contributed by atoms with E-state index in [4.69, 9.17) is 0 Å². The second-order valence-electron chi connectivity index (χ2n) is 6.11. The average molecular weight is 325 g/mol. The molecule has 1 aliphatic heterocycles. The molecule has 8 heteroatoms. The molecule has 1 heterocycles. The molecule has 1 aromatic rings. The lowest BCUT2D eigenvalue weighted by Crippen LogP contribution is -2.35. The van der Waals surface area contributed by atoms with Gasteiger partial charge in [-0.1, -0.05) is 6.07 Å². The van der Waals surface area contributed by atoms with E-state index >= 15 is 0 Å². The summed E-state index contributed by atoms with van der Waals surface area (Å²) in [4.78, 5) is 36.1. The molecule has 122 valence electrons. The van der Waals surface area contributed by atoms with Gasteiger partial charge >= 0.3 is 11.9 Å². The number of nitrogens with zero attached hydrogens (tertiary/aromatic N) is 1. The fraction of sp³-hybridized carbons (Fsp3) is 0.400. The van der Waals surface area contributed by atoms with Gasteiger partial charge in [0, 0.05) is 19.2 Å². The number of rotatable bonds is 4. The fourth-order valence-corrected chi connectivity index (χ4v) is 3.40. The molecule has 0 aromatic heterocycles. The van der Waals surface area contributed by atoms with Crippen LogP contribution in [0.4, 0.5) is 8.78 Å². The predicted octanol–water partition coefficient (Wildman–Crippen LogP) is 0.895. The van der Waals surface area contributed by atoms with Crippen molar-refractivity contribution in [2.24, 2.45) is 10.8 Å². The summed E-state index contributed by atoms with van der Waals surface area (Å²) < 4.78 is 26.4. The third-order valence-electron chi connectivity index (χ3n) is 4.84. The van der Waals surface area contributed by atoms with Gasteiger partial charge in [-0.05, 0) is 18.1 Å². The van der Waals surface area contributed by atoms with E-state index in [9.17, 15) is 33.4 Å². The van der Waals surface area contributed by atoms with E-state index in [1.165, 1.54) is 0 Å². The van der Waals surface area contributed by atoms with Crippen LogP contribution in [-0.4, -0.2) is 46.0 Å². The molecule has 0 radical (unpaired) electrons. The Balaban J connectivity index is 1.78. The lowest BCUT2D eigenvalue weighted by atomic mass is 9.97. The minimum atomic E-state index is -1.46. The van der Waals surface area contributed by atoms with Gasteiger partial charge in [0.2, 0.25) is 5.91 Å². The van der Waals surface area contributed by atoms with Crippen molar-refractivity contribution in [3.8, 4) is 0 Å². The number of carbonyl (C=O) groups is 3. The molecule has 0 bridgehead atoms. The summed E-state index contributed by atoms with van der Waals surface area (Å²) in [6.07, 6.45) is -0.392. The number of halogens is 2. The molecule has 3 rings (SSSR count). The van der Waals surface area contributed by atoms with Crippen molar-refractivity contribution in [1.29, 1.82) is 0 Å². The van der Waals surface area contributed by atoms with E-state index in [0.717, 1.165) is 17.0 Å². The Morgan fingerprint density at radius 1 is 1.09 bits per heavy atom. The largest absolute Gasteiger partial charge is 0.481 e. The van der Waals surface area contributed by atoms with Crippen LogP contribution in [-0.2, 0) is 20.8 Å². The minimum absolute atomic E-state index is 0.0145. The Morgan fingerprint density at radius 2 is 1.65 bits per heavy atom. The Bertz CT molecular complexity index is 709. The number of carbonyl (C=O) groups excluding carboxylic acids is 1. The minimum Gasteiger partial charge on any atom is -0.481 e. The highest BCUT2D eigenvalue weighted by molar-refractivity contribution is 5.96. The van der Waals surface area contributed by atoms with Gasteiger partial charge in [-0.3, -0.25) is 14.4 Å². The first-order valence-corrected chi connectivity index (χ1v) is 6.90. The summed E-state index contributed by atoms with van der Waals surface area (Å²) in [6.45, 7) is -0.424. The molecule has 1 saturated carbocycles. The van der Waals surface area contributed by atoms with Gasteiger partial charge in [0.25, 0.3) is 0 Å². The Morgan fingerprint density at radius 3 is 2.13 bits per heavy atom. The van der Waals surface area contributed by atoms with E-state index in [0.29, 0.717) is 6.07 Å². The highest BCUT2D eigenvalue weighted by atomic mass is 19.1. The maximum absolute atomic E-state index is 13.6. The van der Waals surface area contributed by atoms with Gasteiger partial charge in [-0.25, -0.2) is 8.78 Å². The number of benzene rings is 1. The number of aliphatic carboxylic acids is 2. The van der Waals surface area contributed by atoms with Crippen LogP contribution in [0, 0.1) is 22.5 Å². The zero-order valence-corrected chi connectivity index (χ0v) is 11.9. The topological polar surface area (TPSA) is 94.9 Å². The normalized spacial score (nSPS) is 28.3. The first-order chi connectivity index (χ1) is 10.7. The van der Waals surface area contributed by atoms with Gasteiger partial charge < -0.3 is 15.1 Å². The zero-order valence-electron chi connectivity index (χ0n) is 11.9. The summed E-state index contributed by atoms with van der Waals surface area (Å²) >= 11 is 0. The monoisotopic (exact) mass is 325 g/mol. The van der Waals surface area contributed by atoms with Crippen LogP contribution in [0.2, 0.25) is 0 Å². The Labute approximate surface area is 129 Å². The molecule has 2 fully saturated rings. The molecule has 2 aliphatic rings. The molecule has 0 unspecified atom stereocenters. The highest BCUT2D eigenvalue weighted by Gasteiger charge is 2.81. The van der Waals surface area contributed by atoms with Crippen LogP contribution >= 0.6 is 0 Å². The SMILES string of the molecule is O=C(Cc1ccc(F)cc1F)N1C[C@@]2(C(=O)O)C[C@@]2(C(=O)O)C1. The van der Waals surface area contributed by atoms with Gasteiger partial charge in [0.1, 0.15) is 22.5 Å². The summed E-state index contributed by atoms with van der Waals surface area (Å²) in [7, 11) is 0. The molecule has 1 saturated heterocycles. The smallest absolute Gasteiger partial charge is 0.312 e. The van der Waals surface area contributed by atoms with Crippen molar-refractivity contribution in [3.63, 3.8) is 0 Å². The average Bonchev–Trinajstić information content (AvgIpc) is 3.01. The highest BCUT2D eigenvalue weighted by Crippen LogP contribution is 2.68. The summed E-state index contributed by atoms with van der Waals surface area (Å²) in [5.74, 6) is -4.71. The number of piperidine rings is 1. The standard InChI is InChI=1S/C15H13F2NO5/c16-9-2-1-8(10(17)4-9)3-11(19)18-6-14(12(20)21)5-15(14,7-18)13(22)23/h1-2,4H,3,5-7H2,(H,20,21)(H,22,23)/t14-,15+. The third-order valence-corrected chi connectivity index (χ3v) is 4.84. The first kappa shape index (κ1) is 15.4. The van der Waals surface area contributed by atoms with Crippen molar-refractivity contribution < 1.29 is 33.4 Å². The summed E-state index contributed by atoms with van der Waals surface area (Å²) in [5, 5.41) is 18.6. The number of carboxylic acid groups (broad SMARTS) is 2. The molecule has 1 amide bonds. The fourth-order valence-electron chi connectivity index (χ4n) is 3.40. The number of fused-ring (bicyclic) bond motifs is 1. The van der Waals surface area contributed by atoms with Crippen LogP contribution in [0.5, 0.6) is 0 Å². The molecule has 23 heavy (non-hydrogen) atoms. The lowest BCUT2D eigenvalue weighted by molar-refractivity contribution is -0.151. The van der Waals surface area contributed by atoms with E-state index in [2.05, 4.69) is 0 Å². The lowest BCUT2D eigenvalue weighted by Gasteiger charge is -2.20.